The lowest BCUT2D eigenvalue weighted by Gasteiger charge is -2.20. The highest BCUT2D eigenvalue weighted by atomic mass is 16.5. The fourth-order valence-electron chi connectivity index (χ4n) is 1.49. The van der Waals surface area contributed by atoms with Gasteiger partial charge in [0.25, 0.3) is 0 Å². The molecule has 0 spiro atoms. The Morgan fingerprint density at radius 2 is 2.00 bits per heavy atom. The second-order valence-corrected chi connectivity index (χ2v) is 5.66. The van der Waals surface area contributed by atoms with Crippen molar-refractivity contribution in [3.8, 4) is 0 Å². The second-order valence-electron chi connectivity index (χ2n) is 5.66. The van der Waals surface area contributed by atoms with Gasteiger partial charge in [0.05, 0.1) is 12.3 Å². The van der Waals surface area contributed by atoms with Crippen molar-refractivity contribution in [3.63, 3.8) is 0 Å². The summed E-state index contributed by atoms with van der Waals surface area (Å²) in [5, 5.41) is 3.44. The molecule has 4 heteroatoms. The molecule has 0 aliphatic carbocycles. The summed E-state index contributed by atoms with van der Waals surface area (Å²) >= 11 is 0. The first-order chi connectivity index (χ1) is 9.01. The first kappa shape index (κ1) is 16.1. The number of rotatable bonds is 8. The lowest BCUT2D eigenvalue weighted by atomic mass is 10.1. The predicted molar refractivity (Wildman–Crippen MR) is 77.0 cm³/mol. The van der Waals surface area contributed by atoms with Crippen LogP contribution >= 0.6 is 0 Å². The van der Waals surface area contributed by atoms with Crippen LogP contribution in [0.1, 0.15) is 38.4 Å². The molecule has 19 heavy (non-hydrogen) atoms. The summed E-state index contributed by atoms with van der Waals surface area (Å²) in [7, 11) is 1.70. The second kappa shape index (κ2) is 8.25. The molecule has 0 unspecified atom stereocenters. The summed E-state index contributed by atoms with van der Waals surface area (Å²) in [4.78, 5) is 4.40. The van der Waals surface area contributed by atoms with Crippen molar-refractivity contribution in [3.05, 3.63) is 29.6 Å². The normalized spacial score (nSPS) is 11.8. The van der Waals surface area contributed by atoms with Gasteiger partial charge in [-0.3, -0.25) is 4.98 Å². The molecule has 1 aromatic heterocycles. The molecule has 0 aliphatic heterocycles. The Morgan fingerprint density at radius 3 is 2.58 bits per heavy atom. The Bertz CT molecular complexity index is 344. The van der Waals surface area contributed by atoms with E-state index in [2.05, 4.69) is 37.1 Å². The predicted octanol–water partition coefficient (Wildman–Crippen LogP) is 2.52. The minimum Gasteiger partial charge on any atom is -0.385 e. The molecule has 0 amide bonds. The topological polar surface area (TPSA) is 43.4 Å². The third kappa shape index (κ3) is 7.93. The largest absolute Gasteiger partial charge is 0.385 e. The van der Waals surface area contributed by atoms with Gasteiger partial charge >= 0.3 is 0 Å². The number of nitrogens with zero attached hydrogens (tertiary/aromatic N) is 1. The Morgan fingerprint density at radius 1 is 1.21 bits per heavy atom. The average Bonchev–Trinajstić information content (AvgIpc) is 2.37. The van der Waals surface area contributed by atoms with E-state index >= 15 is 0 Å². The minimum absolute atomic E-state index is 0.128. The van der Waals surface area contributed by atoms with Gasteiger partial charge in [0.15, 0.2) is 0 Å². The maximum atomic E-state index is 5.52. The third-order valence-corrected chi connectivity index (χ3v) is 2.60. The molecule has 0 aromatic carbocycles. The maximum absolute atomic E-state index is 5.52. The first-order valence-electron chi connectivity index (χ1n) is 6.77. The van der Waals surface area contributed by atoms with Crippen LogP contribution in [0.3, 0.4) is 0 Å². The van der Waals surface area contributed by atoms with Crippen LogP contribution in [0, 0.1) is 0 Å². The highest BCUT2D eigenvalue weighted by Gasteiger charge is 2.08. The highest BCUT2D eigenvalue weighted by Crippen LogP contribution is 2.05. The standard InChI is InChI=1S/C15H26N2O2/c1-15(2,3)17-11-13-6-7-14(16-10-13)12-19-9-5-8-18-4/h6-7,10,17H,5,8-9,11-12H2,1-4H3. The van der Waals surface area contributed by atoms with Crippen molar-refractivity contribution in [2.45, 2.75) is 45.9 Å². The van der Waals surface area contributed by atoms with E-state index in [1.54, 1.807) is 7.11 Å². The van der Waals surface area contributed by atoms with Gasteiger partial charge < -0.3 is 14.8 Å². The fraction of sp³-hybridized carbons (Fsp3) is 0.667. The van der Waals surface area contributed by atoms with Gasteiger partial charge in [0.1, 0.15) is 0 Å². The van der Waals surface area contributed by atoms with Crippen LogP contribution in [-0.2, 0) is 22.6 Å². The summed E-state index contributed by atoms with van der Waals surface area (Å²) in [6, 6.07) is 4.12. The van der Waals surface area contributed by atoms with Crippen LogP contribution in [0.4, 0.5) is 0 Å². The zero-order valence-corrected chi connectivity index (χ0v) is 12.5. The highest BCUT2D eigenvalue weighted by molar-refractivity contribution is 5.13. The van der Waals surface area contributed by atoms with E-state index in [-0.39, 0.29) is 5.54 Å². The average molecular weight is 266 g/mol. The van der Waals surface area contributed by atoms with Gasteiger partial charge in [-0.15, -0.1) is 0 Å². The summed E-state index contributed by atoms with van der Waals surface area (Å²) in [5.41, 5.74) is 2.29. The molecule has 0 fully saturated rings. The van der Waals surface area contributed by atoms with Crippen LogP contribution in [0.15, 0.2) is 18.3 Å². The molecule has 108 valence electrons. The van der Waals surface area contributed by atoms with E-state index in [1.807, 2.05) is 12.3 Å². The minimum atomic E-state index is 0.128. The van der Waals surface area contributed by atoms with Crippen LogP contribution in [0.2, 0.25) is 0 Å². The molecule has 4 nitrogen and oxygen atoms in total. The van der Waals surface area contributed by atoms with Gasteiger partial charge in [-0.05, 0) is 38.8 Å². The van der Waals surface area contributed by atoms with Crippen LogP contribution in [0.5, 0.6) is 0 Å². The summed E-state index contributed by atoms with van der Waals surface area (Å²) in [6.07, 6.45) is 2.83. The molecule has 0 bridgehead atoms. The number of aromatic nitrogens is 1. The van der Waals surface area contributed by atoms with Crippen LogP contribution in [0.25, 0.3) is 0 Å². The number of nitrogens with one attached hydrogen (secondary N) is 1. The smallest absolute Gasteiger partial charge is 0.0887 e. The van der Waals surface area contributed by atoms with Crippen molar-refractivity contribution in [1.82, 2.24) is 10.3 Å². The fourth-order valence-corrected chi connectivity index (χ4v) is 1.49. The summed E-state index contributed by atoms with van der Waals surface area (Å²) in [6.45, 7) is 9.32. The van der Waals surface area contributed by atoms with Crippen molar-refractivity contribution in [2.75, 3.05) is 20.3 Å². The molecular formula is C15H26N2O2. The molecular weight excluding hydrogens is 240 g/mol. The Labute approximate surface area is 116 Å². The van der Waals surface area contributed by atoms with E-state index < -0.39 is 0 Å². The van der Waals surface area contributed by atoms with E-state index in [4.69, 9.17) is 9.47 Å². The quantitative estimate of drug-likeness (QED) is 0.734. The van der Waals surface area contributed by atoms with E-state index in [1.165, 1.54) is 5.56 Å². The molecule has 1 rings (SSSR count). The number of hydrogen-bond acceptors (Lipinski definition) is 4. The summed E-state index contributed by atoms with van der Waals surface area (Å²) < 4.78 is 10.5. The number of methoxy groups -OCH3 is 1. The molecule has 0 saturated heterocycles. The van der Waals surface area contributed by atoms with Gasteiger partial charge in [-0.2, -0.15) is 0 Å². The van der Waals surface area contributed by atoms with Gasteiger partial charge in [0.2, 0.25) is 0 Å². The van der Waals surface area contributed by atoms with E-state index in [0.29, 0.717) is 13.2 Å². The molecule has 0 aliphatic rings. The monoisotopic (exact) mass is 266 g/mol. The third-order valence-electron chi connectivity index (χ3n) is 2.60. The summed E-state index contributed by atoms with van der Waals surface area (Å²) in [5.74, 6) is 0. The molecule has 1 heterocycles. The number of pyridine rings is 1. The van der Waals surface area contributed by atoms with Crippen molar-refractivity contribution < 1.29 is 9.47 Å². The van der Waals surface area contributed by atoms with E-state index in [9.17, 15) is 0 Å². The maximum Gasteiger partial charge on any atom is 0.0887 e. The molecule has 0 saturated carbocycles. The first-order valence-corrected chi connectivity index (χ1v) is 6.77. The number of ether oxygens (including phenoxy) is 2. The van der Waals surface area contributed by atoms with Crippen LogP contribution < -0.4 is 5.32 Å². The van der Waals surface area contributed by atoms with Gasteiger partial charge in [0, 0.05) is 38.6 Å². The van der Waals surface area contributed by atoms with Crippen molar-refractivity contribution in [1.29, 1.82) is 0 Å². The zero-order valence-electron chi connectivity index (χ0n) is 12.5. The lowest BCUT2D eigenvalue weighted by Crippen LogP contribution is -2.35. The Kier molecular flexibility index (Phi) is 6.99. The van der Waals surface area contributed by atoms with Crippen molar-refractivity contribution >= 4 is 0 Å². The molecule has 0 radical (unpaired) electrons. The molecule has 0 atom stereocenters. The zero-order chi connectivity index (χ0) is 14.1. The SMILES string of the molecule is COCCCOCc1ccc(CNC(C)(C)C)cn1. The van der Waals surface area contributed by atoms with E-state index in [0.717, 1.165) is 25.3 Å². The molecule has 1 N–H and O–H groups in total. The lowest BCUT2D eigenvalue weighted by molar-refractivity contribution is 0.0910. The van der Waals surface area contributed by atoms with Gasteiger partial charge in [-0.1, -0.05) is 6.07 Å². The Balaban J connectivity index is 2.27. The molecule has 1 aromatic rings. The number of hydrogen-bond donors (Lipinski definition) is 1. The van der Waals surface area contributed by atoms with Gasteiger partial charge in [-0.25, -0.2) is 0 Å². The Hall–Kier alpha value is -0.970. The van der Waals surface area contributed by atoms with Crippen molar-refractivity contribution in [2.24, 2.45) is 0 Å². The van der Waals surface area contributed by atoms with Crippen LogP contribution in [-0.4, -0.2) is 30.8 Å².